The van der Waals surface area contributed by atoms with Crippen LogP contribution < -0.4 is 5.01 Å². The van der Waals surface area contributed by atoms with E-state index in [4.69, 9.17) is 0 Å². The van der Waals surface area contributed by atoms with Crippen LogP contribution in [0.5, 0.6) is 0 Å². The van der Waals surface area contributed by atoms with Crippen molar-refractivity contribution in [3.8, 4) is 0 Å². The first kappa shape index (κ1) is 16.3. The zero-order chi connectivity index (χ0) is 17.3. The quantitative estimate of drug-likeness (QED) is 0.614. The van der Waals surface area contributed by atoms with Gasteiger partial charge in [-0.15, -0.1) is 0 Å². The number of carbonyl (C=O) groups is 2. The molecule has 1 aromatic carbocycles. The molecule has 6 nitrogen and oxygen atoms in total. The Bertz CT molecular complexity index is 723. The van der Waals surface area contributed by atoms with Crippen molar-refractivity contribution in [1.82, 2.24) is 0 Å². The summed E-state index contributed by atoms with van der Waals surface area (Å²) in [6.07, 6.45) is 1.95. The largest absolute Gasteiger partial charge is 0.469 e. The number of nitrogens with zero attached hydrogens (tertiary/aromatic N) is 3. The number of hydrazone groups is 1. The molecule has 1 heterocycles. The summed E-state index contributed by atoms with van der Waals surface area (Å²) in [7, 11) is 1.29. The average molecular weight is 331 g/mol. The second kappa shape index (κ2) is 6.51. The van der Waals surface area contributed by atoms with Gasteiger partial charge in [-0.25, -0.2) is 4.39 Å². The summed E-state index contributed by atoms with van der Waals surface area (Å²) in [5.41, 5.74) is 1.50. The summed E-state index contributed by atoms with van der Waals surface area (Å²) in [5, 5.41) is 5.49. The van der Waals surface area contributed by atoms with Crippen LogP contribution in [0.1, 0.15) is 26.2 Å². The predicted octanol–water partition coefficient (Wildman–Crippen LogP) is 2.33. The number of amides is 1. The van der Waals surface area contributed by atoms with E-state index < -0.39 is 17.7 Å². The van der Waals surface area contributed by atoms with Crippen molar-refractivity contribution in [3.63, 3.8) is 0 Å². The van der Waals surface area contributed by atoms with Crippen molar-refractivity contribution in [3.05, 3.63) is 30.1 Å². The second-order valence-electron chi connectivity index (χ2n) is 5.91. The lowest BCUT2D eigenvalue weighted by Crippen LogP contribution is -2.33. The molecule has 1 aliphatic carbocycles. The molecule has 0 aromatic heterocycles. The maximum Gasteiger partial charge on any atom is 0.311 e. The maximum atomic E-state index is 13.1. The highest BCUT2D eigenvalue weighted by molar-refractivity contribution is 6.30. The van der Waals surface area contributed by atoms with E-state index in [2.05, 4.69) is 14.8 Å². The Morgan fingerprint density at radius 1 is 1.38 bits per heavy atom. The maximum absolute atomic E-state index is 13.1. The van der Waals surface area contributed by atoms with E-state index in [-0.39, 0.29) is 18.4 Å². The fourth-order valence-electron chi connectivity index (χ4n) is 2.61. The number of methoxy groups -OCH3 is 1. The van der Waals surface area contributed by atoms with Gasteiger partial charge in [0.25, 0.3) is 5.91 Å². The molecular formula is C17H18FN3O3. The van der Waals surface area contributed by atoms with Crippen LogP contribution in [0.15, 0.2) is 34.4 Å². The van der Waals surface area contributed by atoms with Gasteiger partial charge in [0.1, 0.15) is 11.7 Å². The molecule has 1 amide bonds. The molecule has 1 saturated carbocycles. The monoisotopic (exact) mass is 331 g/mol. The van der Waals surface area contributed by atoms with E-state index in [9.17, 15) is 14.0 Å². The number of halogens is 1. The molecule has 7 heteroatoms. The smallest absolute Gasteiger partial charge is 0.311 e. The van der Waals surface area contributed by atoms with Crippen molar-refractivity contribution in [2.45, 2.75) is 32.2 Å². The van der Waals surface area contributed by atoms with Crippen LogP contribution in [0.4, 0.5) is 10.1 Å². The fourth-order valence-corrected chi connectivity index (χ4v) is 2.61. The molecule has 0 spiro atoms. The average Bonchev–Trinajstić information content (AvgIpc) is 3.31. The summed E-state index contributed by atoms with van der Waals surface area (Å²) in [6, 6.07) is 5.73. The number of hydrogen-bond acceptors (Lipinski definition) is 5. The van der Waals surface area contributed by atoms with Crippen LogP contribution in [0.25, 0.3) is 0 Å². The molecule has 0 radical (unpaired) electrons. The van der Waals surface area contributed by atoms with Gasteiger partial charge in [-0.05, 0) is 44.0 Å². The zero-order valence-electron chi connectivity index (χ0n) is 13.5. The molecule has 24 heavy (non-hydrogen) atoms. The summed E-state index contributed by atoms with van der Waals surface area (Å²) >= 11 is 0. The van der Waals surface area contributed by atoms with E-state index >= 15 is 0 Å². The lowest BCUT2D eigenvalue weighted by atomic mass is 9.96. The van der Waals surface area contributed by atoms with Crippen LogP contribution in [0, 0.1) is 11.7 Å². The van der Waals surface area contributed by atoms with Crippen LogP contribution in [-0.4, -0.2) is 36.5 Å². The highest BCUT2D eigenvalue weighted by atomic mass is 19.1. The van der Waals surface area contributed by atoms with Gasteiger partial charge in [0.05, 0.1) is 31.0 Å². The van der Waals surface area contributed by atoms with Crippen LogP contribution in [-0.2, 0) is 14.3 Å². The highest BCUT2D eigenvalue weighted by Gasteiger charge is 2.40. The van der Waals surface area contributed by atoms with E-state index in [1.54, 1.807) is 6.92 Å². The molecule has 1 atom stereocenters. The van der Waals surface area contributed by atoms with Gasteiger partial charge >= 0.3 is 5.97 Å². The first-order valence-electron chi connectivity index (χ1n) is 7.77. The summed E-state index contributed by atoms with van der Waals surface area (Å²) in [4.78, 5) is 29.0. The molecule has 126 valence electrons. The third-order valence-corrected chi connectivity index (χ3v) is 3.99. The van der Waals surface area contributed by atoms with Crippen molar-refractivity contribution < 1.29 is 18.7 Å². The van der Waals surface area contributed by atoms with Gasteiger partial charge in [0.2, 0.25) is 0 Å². The van der Waals surface area contributed by atoms with Gasteiger partial charge in [0, 0.05) is 5.71 Å². The minimum absolute atomic E-state index is 0.0812. The van der Waals surface area contributed by atoms with E-state index in [0.29, 0.717) is 17.1 Å². The molecule has 1 unspecified atom stereocenters. The molecular weight excluding hydrogens is 313 g/mol. The minimum atomic E-state index is -0.672. The normalized spacial score (nSPS) is 21.0. The van der Waals surface area contributed by atoms with Crippen molar-refractivity contribution in [2.24, 2.45) is 16.0 Å². The van der Waals surface area contributed by atoms with Crippen LogP contribution in [0.2, 0.25) is 0 Å². The minimum Gasteiger partial charge on any atom is -0.469 e. The summed E-state index contributed by atoms with van der Waals surface area (Å²) in [6.45, 7) is 1.78. The number of rotatable bonds is 5. The number of esters is 1. The SMILES string of the molecule is COC(=O)CC1=NN(c2ccc(F)cc2)C(=O)C1C(C)=NC1CC1. The second-order valence-corrected chi connectivity index (χ2v) is 5.91. The van der Waals surface area contributed by atoms with Crippen LogP contribution >= 0.6 is 0 Å². The first-order chi connectivity index (χ1) is 11.5. The Morgan fingerprint density at radius 2 is 2.04 bits per heavy atom. The highest BCUT2D eigenvalue weighted by Crippen LogP contribution is 2.29. The molecule has 2 aliphatic rings. The van der Waals surface area contributed by atoms with Crippen LogP contribution in [0.3, 0.4) is 0 Å². The van der Waals surface area contributed by atoms with Crippen molar-refractivity contribution in [1.29, 1.82) is 0 Å². The van der Waals surface area contributed by atoms with Gasteiger partial charge in [0.15, 0.2) is 0 Å². The summed E-state index contributed by atoms with van der Waals surface area (Å²) < 4.78 is 17.8. The Hall–Kier alpha value is -2.57. The van der Waals surface area contributed by atoms with E-state index in [0.717, 1.165) is 12.8 Å². The number of aliphatic imine (C=N–C) groups is 1. The summed E-state index contributed by atoms with van der Waals surface area (Å²) in [5.74, 6) is -1.82. The predicted molar refractivity (Wildman–Crippen MR) is 87.6 cm³/mol. The first-order valence-corrected chi connectivity index (χ1v) is 7.77. The standard InChI is InChI=1S/C17H18FN3O3/c1-10(19-12-5-6-12)16-14(9-15(22)24-2)20-21(17(16)23)13-7-3-11(18)4-8-13/h3-4,7-8,12,16H,5-6,9H2,1-2H3. The van der Waals surface area contributed by atoms with Crippen molar-refractivity contribution >= 4 is 29.0 Å². The fraction of sp³-hybridized carbons (Fsp3) is 0.412. The number of benzene rings is 1. The number of anilines is 1. The third-order valence-electron chi connectivity index (χ3n) is 3.99. The third kappa shape index (κ3) is 3.34. The Labute approximate surface area is 139 Å². The molecule has 0 N–H and O–H groups in total. The van der Waals surface area contributed by atoms with Crippen molar-refractivity contribution in [2.75, 3.05) is 12.1 Å². The number of ether oxygens (including phenoxy) is 1. The topological polar surface area (TPSA) is 71.3 Å². The molecule has 1 fully saturated rings. The molecule has 1 aliphatic heterocycles. The van der Waals surface area contributed by atoms with E-state index in [1.165, 1.54) is 36.4 Å². The van der Waals surface area contributed by atoms with Gasteiger partial charge < -0.3 is 4.74 Å². The van der Waals surface area contributed by atoms with Gasteiger partial charge in [-0.2, -0.15) is 10.1 Å². The van der Waals surface area contributed by atoms with Gasteiger partial charge in [-0.3, -0.25) is 14.6 Å². The molecule has 0 bridgehead atoms. The lowest BCUT2D eigenvalue weighted by molar-refractivity contribution is -0.139. The Kier molecular flexibility index (Phi) is 4.42. The molecule has 3 rings (SSSR count). The number of hydrogen-bond donors (Lipinski definition) is 0. The lowest BCUT2D eigenvalue weighted by Gasteiger charge is -2.14. The molecule has 1 aromatic rings. The number of carbonyl (C=O) groups excluding carboxylic acids is 2. The molecule has 0 saturated heterocycles. The Balaban J connectivity index is 1.92. The van der Waals surface area contributed by atoms with E-state index in [1.807, 2.05) is 0 Å². The van der Waals surface area contributed by atoms with Gasteiger partial charge in [-0.1, -0.05) is 0 Å². The zero-order valence-corrected chi connectivity index (χ0v) is 13.5. The Morgan fingerprint density at radius 3 is 2.62 bits per heavy atom.